The van der Waals surface area contributed by atoms with E-state index in [1.54, 1.807) is 0 Å². The van der Waals surface area contributed by atoms with Gasteiger partial charge in [0, 0.05) is 18.2 Å². The largest absolute Gasteiger partial charge is 0.493 e. The third-order valence-corrected chi connectivity index (χ3v) is 3.84. The second-order valence-corrected chi connectivity index (χ2v) is 5.89. The van der Waals surface area contributed by atoms with E-state index >= 15 is 0 Å². The molecule has 11 nitrogen and oxygen atoms in total. The Hall–Kier alpha value is -3.50. The van der Waals surface area contributed by atoms with Crippen LogP contribution in [0.2, 0.25) is 0 Å². The summed E-state index contributed by atoms with van der Waals surface area (Å²) in [6.07, 6.45) is -0.375. The van der Waals surface area contributed by atoms with Gasteiger partial charge in [0.2, 0.25) is 11.8 Å². The third-order valence-electron chi connectivity index (χ3n) is 3.84. The number of ether oxygens (including phenoxy) is 2. The van der Waals surface area contributed by atoms with Crippen molar-refractivity contribution in [3.05, 3.63) is 17.7 Å². The van der Waals surface area contributed by atoms with Crippen molar-refractivity contribution in [2.45, 2.75) is 31.8 Å². The normalized spacial score (nSPS) is 12.4. The smallest absolute Gasteiger partial charge is 0.326 e. The predicted molar refractivity (Wildman–Crippen MR) is 98.9 cm³/mol. The summed E-state index contributed by atoms with van der Waals surface area (Å²) in [5.74, 6) is -2.81. The van der Waals surface area contributed by atoms with Crippen molar-refractivity contribution in [1.82, 2.24) is 10.6 Å². The molecule has 0 saturated heterocycles. The summed E-state index contributed by atoms with van der Waals surface area (Å²) in [6.45, 7) is 1.37. The molecule has 3 amide bonds. The first-order chi connectivity index (χ1) is 13.1. The molecular weight excluding hydrogens is 372 g/mol. The highest BCUT2D eigenvalue weighted by molar-refractivity contribution is 6.02. The molecule has 0 heterocycles. The Kier molecular flexibility index (Phi) is 8.05. The van der Waals surface area contributed by atoms with Gasteiger partial charge in [0.25, 0.3) is 5.91 Å². The minimum atomic E-state index is -1.32. The summed E-state index contributed by atoms with van der Waals surface area (Å²) in [4.78, 5) is 46.6. The van der Waals surface area contributed by atoms with E-state index in [9.17, 15) is 19.2 Å². The summed E-state index contributed by atoms with van der Waals surface area (Å²) >= 11 is 0. The van der Waals surface area contributed by atoms with Crippen molar-refractivity contribution in [3.8, 4) is 11.5 Å². The van der Waals surface area contributed by atoms with Gasteiger partial charge < -0.3 is 36.7 Å². The van der Waals surface area contributed by atoms with Gasteiger partial charge in [-0.25, -0.2) is 4.79 Å². The van der Waals surface area contributed by atoms with E-state index in [0.717, 1.165) is 0 Å². The molecule has 0 fully saturated rings. The molecule has 0 aliphatic rings. The first-order valence-corrected chi connectivity index (χ1v) is 8.24. The SMILES string of the molecule is COc1cc(N)c(C(=O)N[C@H](C)C(=O)N[C@@H](CCC(N)=O)C(=O)O)cc1OC. The van der Waals surface area contributed by atoms with Gasteiger partial charge in [-0.2, -0.15) is 0 Å². The molecule has 0 bridgehead atoms. The molecule has 0 saturated carbocycles. The fraction of sp³-hybridized carbons (Fsp3) is 0.412. The van der Waals surface area contributed by atoms with Crippen LogP contribution in [0.4, 0.5) is 5.69 Å². The Morgan fingerprint density at radius 1 is 1.11 bits per heavy atom. The number of nitrogen functional groups attached to an aromatic ring is 1. The zero-order valence-electron chi connectivity index (χ0n) is 15.8. The number of anilines is 1. The zero-order chi connectivity index (χ0) is 21.4. The minimum Gasteiger partial charge on any atom is -0.493 e. The van der Waals surface area contributed by atoms with Crippen LogP contribution >= 0.6 is 0 Å². The van der Waals surface area contributed by atoms with Gasteiger partial charge in [-0.1, -0.05) is 0 Å². The Morgan fingerprint density at radius 3 is 2.18 bits per heavy atom. The third kappa shape index (κ3) is 6.04. The lowest BCUT2D eigenvalue weighted by atomic mass is 10.1. The molecule has 2 atom stereocenters. The lowest BCUT2D eigenvalue weighted by Crippen LogP contribution is -2.50. The monoisotopic (exact) mass is 396 g/mol. The summed E-state index contributed by atoms with van der Waals surface area (Å²) in [6, 6.07) is 0.380. The molecule has 0 radical (unpaired) electrons. The molecule has 28 heavy (non-hydrogen) atoms. The van der Waals surface area contributed by atoms with Crippen molar-refractivity contribution in [1.29, 1.82) is 0 Å². The summed E-state index contributed by atoms with van der Waals surface area (Å²) in [7, 11) is 2.81. The molecule has 0 spiro atoms. The van der Waals surface area contributed by atoms with Crippen molar-refractivity contribution >= 4 is 29.4 Å². The average Bonchev–Trinajstić information content (AvgIpc) is 2.63. The van der Waals surface area contributed by atoms with Crippen LogP contribution in [0.1, 0.15) is 30.1 Å². The lowest BCUT2D eigenvalue weighted by Gasteiger charge is -2.19. The first kappa shape index (κ1) is 22.5. The Balaban J connectivity index is 2.84. The number of rotatable bonds is 10. The van der Waals surface area contributed by atoms with Crippen LogP contribution in [-0.4, -0.2) is 55.1 Å². The molecule has 11 heteroatoms. The lowest BCUT2D eigenvalue weighted by molar-refractivity contribution is -0.142. The molecule has 0 aromatic heterocycles. The maximum atomic E-state index is 12.4. The van der Waals surface area contributed by atoms with Crippen LogP contribution in [-0.2, 0) is 14.4 Å². The van der Waals surface area contributed by atoms with Gasteiger partial charge in [0.1, 0.15) is 12.1 Å². The number of carboxylic acids is 1. The number of methoxy groups -OCH3 is 2. The van der Waals surface area contributed by atoms with Crippen LogP contribution in [0.3, 0.4) is 0 Å². The van der Waals surface area contributed by atoms with E-state index in [0.29, 0.717) is 5.75 Å². The van der Waals surface area contributed by atoms with Gasteiger partial charge in [0.05, 0.1) is 19.8 Å². The highest BCUT2D eigenvalue weighted by atomic mass is 16.5. The molecule has 0 aliphatic carbocycles. The number of primary amides is 1. The minimum absolute atomic E-state index is 0.0563. The molecule has 154 valence electrons. The number of hydrogen-bond acceptors (Lipinski definition) is 7. The number of hydrogen-bond donors (Lipinski definition) is 5. The van der Waals surface area contributed by atoms with Crippen molar-refractivity contribution in [2.75, 3.05) is 20.0 Å². The van der Waals surface area contributed by atoms with Crippen LogP contribution in [0, 0.1) is 0 Å². The second-order valence-electron chi connectivity index (χ2n) is 5.89. The number of nitrogens with two attached hydrogens (primary N) is 2. The highest BCUT2D eigenvalue weighted by Crippen LogP contribution is 2.31. The van der Waals surface area contributed by atoms with E-state index in [2.05, 4.69) is 10.6 Å². The van der Waals surface area contributed by atoms with Crippen molar-refractivity contribution in [2.24, 2.45) is 5.73 Å². The molecular formula is C17H24N4O7. The van der Waals surface area contributed by atoms with E-state index in [1.807, 2.05) is 0 Å². The summed E-state index contributed by atoms with van der Waals surface area (Å²) in [5, 5.41) is 13.8. The van der Waals surface area contributed by atoms with E-state index in [4.69, 9.17) is 26.0 Å². The highest BCUT2D eigenvalue weighted by Gasteiger charge is 2.25. The van der Waals surface area contributed by atoms with E-state index in [-0.39, 0.29) is 29.8 Å². The number of aliphatic carboxylic acids is 1. The molecule has 1 aromatic rings. The predicted octanol–water partition coefficient (Wildman–Crippen LogP) is -0.761. The maximum absolute atomic E-state index is 12.4. The Bertz CT molecular complexity index is 766. The standard InChI is InChI=1S/C17H24N4O7/c1-8(15(23)21-11(17(25)26)4-5-14(19)22)20-16(24)9-6-12(27-2)13(28-3)7-10(9)18/h6-8,11H,4-5,18H2,1-3H3,(H2,19,22)(H,20,24)(H,21,23)(H,25,26)/t8-,11+/m1/s1. The van der Waals surface area contributed by atoms with Crippen LogP contribution in [0.5, 0.6) is 11.5 Å². The number of carbonyl (C=O) groups excluding carboxylic acids is 3. The fourth-order valence-corrected chi connectivity index (χ4v) is 2.27. The van der Waals surface area contributed by atoms with Crippen LogP contribution in [0.15, 0.2) is 12.1 Å². The van der Waals surface area contributed by atoms with Crippen LogP contribution in [0.25, 0.3) is 0 Å². The zero-order valence-corrected chi connectivity index (χ0v) is 15.8. The maximum Gasteiger partial charge on any atom is 0.326 e. The second kappa shape index (κ2) is 10.00. The van der Waals surface area contributed by atoms with Gasteiger partial charge in [-0.3, -0.25) is 14.4 Å². The fourth-order valence-electron chi connectivity index (χ4n) is 2.27. The quantitative estimate of drug-likeness (QED) is 0.320. The van der Waals surface area contributed by atoms with Crippen molar-refractivity contribution in [3.63, 3.8) is 0 Å². The van der Waals surface area contributed by atoms with Gasteiger partial charge in [-0.05, 0) is 19.4 Å². The van der Waals surface area contributed by atoms with Gasteiger partial charge in [-0.15, -0.1) is 0 Å². The number of nitrogens with one attached hydrogen (secondary N) is 2. The molecule has 1 aromatic carbocycles. The number of amides is 3. The van der Waals surface area contributed by atoms with Crippen molar-refractivity contribution < 1.29 is 33.8 Å². The molecule has 0 aliphatic heterocycles. The number of carbonyl (C=O) groups is 4. The molecule has 7 N–H and O–H groups in total. The Morgan fingerprint density at radius 2 is 1.68 bits per heavy atom. The summed E-state index contributed by atoms with van der Waals surface area (Å²) < 4.78 is 10.2. The first-order valence-electron chi connectivity index (χ1n) is 8.24. The van der Waals surface area contributed by atoms with Gasteiger partial charge in [0.15, 0.2) is 11.5 Å². The van der Waals surface area contributed by atoms with E-state index in [1.165, 1.54) is 33.3 Å². The van der Waals surface area contributed by atoms with E-state index < -0.39 is 35.8 Å². The molecule has 0 unspecified atom stereocenters. The van der Waals surface area contributed by atoms with Crippen LogP contribution < -0.4 is 31.6 Å². The summed E-state index contributed by atoms with van der Waals surface area (Å²) in [5.41, 5.74) is 11.0. The average molecular weight is 396 g/mol. The van der Waals surface area contributed by atoms with Gasteiger partial charge >= 0.3 is 5.97 Å². The molecule has 1 rings (SSSR count). The topological polar surface area (TPSA) is 183 Å². The number of benzene rings is 1. The Labute approximate surface area is 161 Å². The number of carboxylic acid groups (broad SMARTS) is 1.